The van der Waals surface area contributed by atoms with Crippen molar-refractivity contribution in [1.82, 2.24) is 0 Å². The molecule has 13 heteroatoms. The number of ether oxygens (including phenoxy) is 2. The van der Waals surface area contributed by atoms with Crippen molar-refractivity contribution in [2.45, 2.75) is 104 Å². The quantitative estimate of drug-likeness (QED) is 0.0505. The first kappa shape index (κ1) is 42.0. The first-order chi connectivity index (χ1) is 25.2. The summed E-state index contributed by atoms with van der Waals surface area (Å²) < 4.78 is 63.3. The van der Waals surface area contributed by atoms with Gasteiger partial charge >= 0.3 is 5.97 Å². The van der Waals surface area contributed by atoms with Gasteiger partial charge in [0.1, 0.15) is 17.3 Å². The molecule has 0 fully saturated rings. The second kappa shape index (κ2) is 16.7. The van der Waals surface area contributed by atoms with Gasteiger partial charge in [0.25, 0.3) is 15.7 Å². The molecule has 0 N–H and O–H groups in total. The predicted molar refractivity (Wildman–Crippen MR) is 213 cm³/mol. The van der Waals surface area contributed by atoms with Crippen molar-refractivity contribution in [3.8, 4) is 22.6 Å². The second-order valence-electron chi connectivity index (χ2n) is 15.1. The Morgan fingerprint density at radius 2 is 1.63 bits per heavy atom. The number of nitrogens with zero attached hydrogens (tertiary/aromatic N) is 2. The summed E-state index contributed by atoms with van der Waals surface area (Å²) in [5, 5.41) is 12.0. The van der Waals surface area contributed by atoms with Gasteiger partial charge in [-0.25, -0.2) is 12.8 Å². The minimum Gasteiger partial charge on any atom is -0.543 e. The van der Waals surface area contributed by atoms with Crippen LogP contribution in [0.1, 0.15) is 70.2 Å². The number of carbonyl (C=O) groups excluding carboxylic acids is 1. The topological polar surface area (TPSA) is 125 Å². The van der Waals surface area contributed by atoms with E-state index >= 15 is 4.39 Å². The van der Waals surface area contributed by atoms with E-state index < -0.39 is 45.6 Å². The summed E-state index contributed by atoms with van der Waals surface area (Å²) in [7, 11) is -6.78. The van der Waals surface area contributed by atoms with E-state index in [1.54, 1.807) is 19.1 Å². The van der Waals surface area contributed by atoms with E-state index in [0.717, 1.165) is 50.5 Å². The summed E-state index contributed by atoms with van der Waals surface area (Å²) in [6.45, 7) is 20.3. The van der Waals surface area contributed by atoms with Crippen LogP contribution >= 0.6 is 0 Å². The molecule has 0 radical (unpaired) electrons. The molecule has 0 aliphatic rings. The molecule has 290 valence electrons. The largest absolute Gasteiger partial charge is 0.543 e. The number of aryl methyl sites for hydroxylation is 3. The maximum absolute atomic E-state index is 15.6. The molecule has 0 amide bonds. The Bertz CT molecular complexity index is 2110. The number of sulfonamides is 1. The third-order valence-corrected chi connectivity index (χ3v) is 15.7. The van der Waals surface area contributed by atoms with Gasteiger partial charge in [0.15, 0.2) is 4.90 Å². The molecule has 4 aromatic rings. The lowest BCUT2D eigenvalue weighted by Gasteiger charge is -2.36. The van der Waals surface area contributed by atoms with Crippen LogP contribution in [0.5, 0.6) is 11.5 Å². The molecular formula is C41H51FN2O8SSi. The SMILES string of the molecule is CCOC(=O)CCc1ccc(N(Cc2ccc(OC(C)C)c(-c3c(C)cc(O[Si](C)(C)C(C)(C)C)cc3C)c2)S(=O)(=O)c2ccccc2[N+](=O)[O-])cc1F. The number of anilines is 1. The zero-order valence-corrected chi connectivity index (χ0v) is 34.6. The predicted octanol–water partition coefficient (Wildman–Crippen LogP) is 10.1. The van der Waals surface area contributed by atoms with Gasteiger partial charge in [-0.2, -0.15) is 0 Å². The number of nitro benzene ring substituents is 1. The summed E-state index contributed by atoms with van der Waals surface area (Å²) in [6.07, 6.45) is -0.184. The summed E-state index contributed by atoms with van der Waals surface area (Å²) in [5.41, 5.74) is 3.53. The van der Waals surface area contributed by atoms with Gasteiger partial charge in [-0.05, 0) is 129 Å². The Morgan fingerprint density at radius 3 is 2.20 bits per heavy atom. The number of hydrogen-bond donors (Lipinski definition) is 0. The fourth-order valence-corrected chi connectivity index (χ4v) is 8.49. The van der Waals surface area contributed by atoms with E-state index in [1.165, 1.54) is 24.3 Å². The summed E-state index contributed by atoms with van der Waals surface area (Å²) >= 11 is 0. The molecule has 10 nitrogen and oxygen atoms in total. The summed E-state index contributed by atoms with van der Waals surface area (Å²) in [4.78, 5) is 22.6. The highest BCUT2D eigenvalue weighted by atomic mass is 32.2. The molecule has 54 heavy (non-hydrogen) atoms. The highest BCUT2D eigenvalue weighted by Crippen LogP contribution is 2.42. The van der Waals surface area contributed by atoms with Crippen molar-refractivity contribution in [1.29, 1.82) is 0 Å². The van der Waals surface area contributed by atoms with Gasteiger partial charge in [-0.15, -0.1) is 0 Å². The maximum Gasteiger partial charge on any atom is 0.306 e. The van der Waals surface area contributed by atoms with Gasteiger partial charge in [0.2, 0.25) is 8.32 Å². The first-order valence-corrected chi connectivity index (χ1v) is 22.3. The van der Waals surface area contributed by atoms with E-state index in [4.69, 9.17) is 13.9 Å². The van der Waals surface area contributed by atoms with Crippen LogP contribution in [0.4, 0.5) is 15.8 Å². The van der Waals surface area contributed by atoms with Gasteiger partial charge in [0.05, 0.1) is 29.9 Å². The van der Waals surface area contributed by atoms with Crippen LogP contribution in [0.3, 0.4) is 0 Å². The Labute approximate surface area is 319 Å². The molecule has 4 rings (SSSR count). The van der Waals surface area contributed by atoms with Gasteiger partial charge in [-0.1, -0.05) is 45.0 Å². The highest BCUT2D eigenvalue weighted by Gasteiger charge is 2.39. The van der Waals surface area contributed by atoms with Crippen LogP contribution in [0, 0.1) is 29.8 Å². The van der Waals surface area contributed by atoms with Crippen molar-refractivity contribution in [3.05, 3.63) is 111 Å². The van der Waals surface area contributed by atoms with E-state index in [-0.39, 0.29) is 48.4 Å². The molecule has 4 aromatic carbocycles. The second-order valence-corrected chi connectivity index (χ2v) is 21.7. The molecule has 0 heterocycles. The fraction of sp³-hybridized carbons (Fsp3) is 0.390. The van der Waals surface area contributed by atoms with Crippen LogP contribution < -0.4 is 13.5 Å². The molecule has 0 aromatic heterocycles. The summed E-state index contributed by atoms with van der Waals surface area (Å²) in [6, 6.07) is 18.3. The van der Waals surface area contributed by atoms with Crippen LogP contribution in [0.2, 0.25) is 18.1 Å². The number of rotatable bonds is 15. The molecule has 0 aliphatic heterocycles. The molecular weight excluding hydrogens is 728 g/mol. The molecule has 0 spiro atoms. The highest BCUT2D eigenvalue weighted by molar-refractivity contribution is 7.93. The standard InChI is InChI=1S/C41H51FN2O8SSi/c1-11-50-39(45)21-18-31-17-19-32(25-35(31)42)43(53(48,49)38-15-13-12-14-36(38)44(46)47)26-30-16-20-37(51-27(2)3)34(24-30)40-28(4)22-33(23-29(40)5)52-54(9,10)41(6,7)8/h12-17,19-20,22-25,27H,11,18,21,26H2,1-10H3. The number of benzene rings is 4. The Morgan fingerprint density at radius 1 is 0.981 bits per heavy atom. The van der Waals surface area contributed by atoms with E-state index in [0.29, 0.717) is 11.3 Å². The fourth-order valence-electron chi connectivity index (χ4n) is 5.87. The molecule has 0 saturated carbocycles. The molecule has 0 aliphatic carbocycles. The van der Waals surface area contributed by atoms with Crippen LogP contribution in [-0.2, 0) is 32.5 Å². The maximum atomic E-state index is 15.6. The Balaban J connectivity index is 1.86. The van der Waals surface area contributed by atoms with Crippen molar-refractivity contribution >= 4 is 35.7 Å². The van der Waals surface area contributed by atoms with Crippen LogP contribution in [0.15, 0.2) is 77.7 Å². The third-order valence-electron chi connectivity index (χ3n) is 9.55. The van der Waals surface area contributed by atoms with Gasteiger partial charge in [0, 0.05) is 18.1 Å². The van der Waals surface area contributed by atoms with Crippen LogP contribution in [0.25, 0.3) is 11.1 Å². The van der Waals surface area contributed by atoms with Crippen molar-refractivity contribution in [3.63, 3.8) is 0 Å². The monoisotopic (exact) mass is 778 g/mol. The van der Waals surface area contributed by atoms with Crippen molar-refractivity contribution < 1.29 is 36.4 Å². The number of esters is 1. The zero-order chi connectivity index (χ0) is 40.2. The lowest BCUT2D eigenvalue weighted by atomic mass is 9.93. The Kier molecular flexibility index (Phi) is 13.0. The van der Waals surface area contributed by atoms with Crippen molar-refractivity contribution in [2.75, 3.05) is 10.9 Å². The number of halogens is 1. The summed E-state index contributed by atoms with van der Waals surface area (Å²) in [5.74, 6) is 0.151. The average molecular weight is 779 g/mol. The van der Waals surface area contributed by atoms with E-state index in [9.17, 15) is 23.3 Å². The lowest BCUT2D eigenvalue weighted by Crippen LogP contribution is -2.43. The molecule has 0 unspecified atom stereocenters. The zero-order valence-electron chi connectivity index (χ0n) is 32.8. The molecule has 0 bridgehead atoms. The van der Waals surface area contributed by atoms with Gasteiger partial charge in [-0.3, -0.25) is 19.2 Å². The first-order valence-electron chi connectivity index (χ1n) is 18.0. The average Bonchev–Trinajstić information content (AvgIpc) is 3.06. The Hall–Kier alpha value is -4.75. The third kappa shape index (κ3) is 9.67. The number of carbonyl (C=O) groups is 1. The molecule has 0 saturated heterocycles. The van der Waals surface area contributed by atoms with E-state index in [2.05, 4.69) is 33.9 Å². The smallest absolute Gasteiger partial charge is 0.306 e. The number of para-hydroxylation sites is 1. The number of nitro groups is 1. The minimum absolute atomic E-state index is 0.00164. The van der Waals surface area contributed by atoms with Crippen molar-refractivity contribution in [2.24, 2.45) is 0 Å². The van der Waals surface area contributed by atoms with Crippen LogP contribution in [-0.4, -0.2) is 40.3 Å². The van der Waals surface area contributed by atoms with Gasteiger partial charge < -0.3 is 13.9 Å². The lowest BCUT2D eigenvalue weighted by molar-refractivity contribution is -0.387. The number of hydrogen-bond acceptors (Lipinski definition) is 8. The van der Waals surface area contributed by atoms with E-state index in [1.807, 2.05) is 45.9 Å². The minimum atomic E-state index is -4.64. The normalized spacial score (nSPS) is 12.1. The molecule has 0 atom stereocenters.